The van der Waals surface area contributed by atoms with Crippen molar-refractivity contribution in [1.82, 2.24) is 0 Å². The molecule has 2 N–H and O–H groups in total. The third-order valence-electron chi connectivity index (χ3n) is 3.27. The standard InChI is InChI=1S/C15H22O6/c1-4-9(2)15(19)21-13-7-8-14(18)20-12(13)6-5-11(17)10(3)16/h4-6,10-13,16-17H,7-8H2,1-3H3/b6-5+,9-4+/t10-,11+,12+,13+/m1/s1. The van der Waals surface area contributed by atoms with Crippen LogP contribution in [-0.4, -0.2) is 46.6 Å². The maximum absolute atomic E-state index is 11.8. The summed E-state index contributed by atoms with van der Waals surface area (Å²) < 4.78 is 10.4. The molecule has 118 valence electrons. The van der Waals surface area contributed by atoms with Gasteiger partial charge in [-0.3, -0.25) is 4.79 Å². The van der Waals surface area contributed by atoms with Crippen LogP contribution in [0.1, 0.15) is 33.6 Å². The fraction of sp³-hybridized carbons (Fsp3) is 0.600. The molecule has 6 nitrogen and oxygen atoms in total. The molecule has 0 aliphatic carbocycles. The predicted molar refractivity (Wildman–Crippen MR) is 75.3 cm³/mol. The summed E-state index contributed by atoms with van der Waals surface area (Å²) in [6.45, 7) is 4.81. The van der Waals surface area contributed by atoms with Crippen LogP contribution in [0.3, 0.4) is 0 Å². The fourth-order valence-corrected chi connectivity index (χ4v) is 1.73. The molecule has 0 aromatic heterocycles. The van der Waals surface area contributed by atoms with Crippen molar-refractivity contribution in [2.45, 2.75) is 58.0 Å². The molecule has 0 aromatic carbocycles. The van der Waals surface area contributed by atoms with E-state index < -0.39 is 30.4 Å². The molecular formula is C15H22O6. The predicted octanol–water partition coefficient (Wildman–Crippen LogP) is 0.868. The monoisotopic (exact) mass is 298 g/mol. The number of aliphatic hydroxyl groups excluding tert-OH is 2. The molecule has 0 radical (unpaired) electrons. The lowest BCUT2D eigenvalue weighted by Gasteiger charge is -2.29. The number of hydrogen-bond acceptors (Lipinski definition) is 6. The lowest BCUT2D eigenvalue weighted by atomic mass is 10.0. The van der Waals surface area contributed by atoms with Gasteiger partial charge in [-0.05, 0) is 33.3 Å². The molecule has 4 atom stereocenters. The summed E-state index contributed by atoms with van der Waals surface area (Å²) in [6.07, 6.45) is 1.59. The second-order valence-electron chi connectivity index (χ2n) is 5.02. The zero-order valence-corrected chi connectivity index (χ0v) is 12.5. The lowest BCUT2D eigenvalue weighted by molar-refractivity contribution is -0.170. The van der Waals surface area contributed by atoms with Crippen molar-refractivity contribution in [3.05, 3.63) is 23.8 Å². The minimum absolute atomic E-state index is 0.177. The van der Waals surface area contributed by atoms with E-state index >= 15 is 0 Å². The first kappa shape index (κ1) is 17.4. The summed E-state index contributed by atoms with van der Waals surface area (Å²) in [5, 5.41) is 18.7. The minimum Gasteiger partial charge on any atom is -0.455 e. The highest BCUT2D eigenvalue weighted by atomic mass is 16.6. The number of aliphatic hydroxyl groups is 2. The Kier molecular flexibility index (Phi) is 6.58. The zero-order valence-electron chi connectivity index (χ0n) is 12.5. The highest BCUT2D eigenvalue weighted by Crippen LogP contribution is 2.21. The number of rotatable bonds is 5. The van der Waals surface area contributed by atoms with Gasteiger partial charge in [-0.25, -0.2) is 4.79 Å². The van der Waals surface area contributed by atoms with E-state index in [1.807, 2.05) is 0 Å². The number of allylic oxidation sites excluding steroid dienone is 1. The van der Waals surface area contributed by atoms with E-state index in [1.165, 1.54) is 19.1 Å². The maximum atomic E-state index is 11.8. The summed E-state index contributed by atoms with van der Waals surface area (Å²) >= 11 is 0. The van der Waals surface area contributed by atoms with Gasteiger partial charge in [0.15, 0.2) is 6.10 Å². The molecule has 0 unspecified atom stereocenters. The average molecular weight is 298 g/mol. The van der Waals surface area contributed by atoms with Gasteiger partial charge in [-0.15, -0.1) is 0 Å². The van der Waals surface area contributed by atoms with E-state index in [4.69, 9.17) is 9.47 Å². The Hall–Kier alpha value is -1.66. The zero-order chi connectivity index (χ0) is 16.0. The van der Waals surface area contributed by atoms with Crippen molar-refractivity contribution in [2.75, 3.05) is 0 Å². The van der Waals surface area contributed by atoms with Crippen molar-refractivity contribution in [1.29, 1.82) is 0 Å². The minimum atomic E-state index is -1.07. The third kappa shape index (κ3) is 5.32. The SMILES string of the molecule is C/C=C(\C)C(=O)O[C@H]1CCC(=O)O[C@H]1/C=C/[C@H](O)[C@@H](C)O. The second kappa shape index (κ2) is 7.95. The van der Waals surface area contributed by atoms with Gasteiger partial charge in [0.25, 0.3) is 0 Å². The van der Waals surface area contributed by atoms with Crippen LogP contribution in [0, 0.1) is 0 Å². The molecule has 1 heterocycles. The highest BCUT2D eigenvalue weighted by molar-refractivity contribution is 5.87. The molecular weight excluding hydrogens is 276 g/mol. The van der Waals surface area contributed by atoms with Gasteiger partial charge in [0.05, 0.1) is 12.2 Å². The van der Waals surface area contributed by atoms with E-state index in [9.17, 15) is 19.8 Å². The maximum Gasteiger partial charge on any atom is 0.333 e. The Labute approximate surface area is 124 Å². The number of carbonyl (C=O) groups excluding carboxylic acids is 2. The topological polar surface area (TPSA) is 93.1 Å². The molecule has 1 aliphatic rings. The Bertz CT molecular complexity index is 437. The van der Waals surface area contributed by atoms with Gasteiger partial charge in [-0.2, -0.15) is 0 Å². The van der Waals surface area contributed by atoms with Gasteiger partial charge < -0.3 is 19.7 Å². The molecule has 0 spiro atoms. The van der Waals surface area contributed by atoms with Crippen LogP contribution in [0.2, 0.25) is 0 Å². The van der Waals surface area contributed by atoms with E-state index in [0.29, 0.717) is 12.0 Å². The van der Waals surface area contributed by atoms with Gasteiger partial charge in [0, 0.05) is 12.0 Å². The first-order chi connectivity index (χ1) is 9.85. The molecule has 1 saturated heterocycles. The van der Waals surface area contributed by atoms with Gasteiger partial charge in [-0.1, -0.05) is 12.2 Å². The average Bonchev–Trinajstić information content (AvgIpc) is 2.45. The Morgan fingerprint density at radius 2 is 2.14 bits per heavy atom. The summed E-state index contributed by atoms with van der Waals surface area (Å²) in [4.78, 5) is 23.1. The molecule has 0 aromatic rings. The van der Waals surface area contributed by atoms with Crippen LogP contribution in [0.4, 0.5) is 0 Å². The molecule has 1 fully saturated rings. The summed E-state index contributed by atoms with van der Waals surface area (Å²) in [7, 11) is 0. The number of esters is 2. The Morgan fingerprint density at radius 1 is 1.48 bits per heavy atom. The molecule has 1 rings (SSSR count). The van der Waals surface area contributed by atoms with Crippen LogP contribution < -0.4 is 0 Å². The normalized spacial score (nSPS) is 26.3. The molecule has 0 amide bonds. The second-order valence-corrected chi connectivity index (χ2v) is 5.02. The van der Waals surface area contributed by atoms with Gasteiger partial charge in [0.2, 0.25) is 0 Å². The van der Waals surface area contributed by atoms with Gasteiger partial charge in [0.1, 0.15) is 6.10 Å². The van der Waals surface area contributed by atoms with Gasteiger partial charge >= 0.3 is 11.9 Å². The number of cyclic esters (lactones) is 1. The fourth-order valence-electron chi connectivity index (χ4n) is 1.73. The van der Waals surface area contributed by atoms with Crippen molar-refractivity contribution in [2.24, 2.45) is 0 Å². The first-order valence-corrected chi connectivity index (χ1v) is 6.93. The number of carbonyl (C=O) groups is 2. The van der Waals surface area contributed by atoms with Crippen LogP contribution in [0.5, 0.6) is 0 Å². The largest absolute Gasteiger partial charge is 0.455 e. The summed E-state index contributed by atoms with van der Waals surface area (Å²) in [5.41, 5.74) is 0.471. The quantitative estimate of drug-likeness (QED) is 0.444. The van der Waals surface area contributed by atoms with E-state index in [0.717, 1.165) is 0 Å². The third-order valence-corrected chi connectivity index (χ3v) is 3.27. The van der Waals surface area contributed by atoms with Crippen molar-refractivity contribution in [3.8, 4) is 0 Å². The molecule has 0 saturated carbocycles. The molecule has 0 bridgehead atoms. The van der Waals surface area contributed by atoms with Crippen LogP contribution in [0.15, 0.2) is 23.8 Å². The summed E-state index contributed by atoms with van der Waals surface area (Å²) in [6, 6.07) is 0. The van der Waals surface area contributed by atoms with Crippen molar-refractivity contribution in [3.63, 3.8) is 0 Å². The van der Waals surface area contributed by atoms with Crippen LogP contribution in [0.25, 0.3) is 0 Å². The first-order valence-electron chi connectivity index (χ1n) is 6.93. The number of ether oxygens (including phenoxy) is 2. The van der Waals surface area contributed by atoms with Crippen LogP contribution >= 0.6 is 0 Å². The van der Waals surface area contributed by atoms with E-state index in [2.05, 4.69) is 0 Å². The summed E-state index contributed by atoms with van der Waals surface area (Å²) in [5.74, 6) is -0.846. The molecule has 21 heavy (non-hydrogen) atoms. The highest BCUT2D eigenvalue weighted by Gasteiger charge is 2.32. The molecule has 1 aliphatic heterocycles. The molecule has 6 heteroatoms. The number of hydrogen-bond donors (Lipinski definition) is 2. The van der Waals surface area contributed by atoms with E-state index in [1.54, 1.807) is 19.9 Å². The lowest BCUT2D eigenvalue weighted by Crippen LogP contribution is -2.39. The van der Waals surface area contributed by atoms with Crippen molar-refractivity contribution < 1.29 is 29.3 Å². The smallest absolute Gasteiger partial charge is 0.333 e. The van der Waals surface area contributed by atoms with Crippen molar-refractivity contribution >= 4 is 11.9 Å². The van der Waals surface area contributed by atoms with Crippen LogP contribution in [-0.2, 0) is 19.1 Å². The van der Waals surface area contributed by atoms with E-state index in [-0.39, 0.29) is 12.4 Å². The Balaban J connectivity index is 2.75. The Morgan fingerprint density at radius 3 is 2.71 bits per heavy atom.